The van der Waals surface area contributed by atoms with Crippen LogP contribution in [0.25, 0.3) is 0 Å². The molecule has 1 aromatic heterocycles. The summed E-state index contributed by atoms with van der Waals surface area (Å²) in [6.45, 7) is 0.472. The first-order chi connectivity index (χ1) is 8.59. The number of aliphatic carboxylic acids is 1. The fraction of sp³-hybridized carbons (Fsp3) is 0.500. The number of ether oxygens (including phenoxy) is 1. The lowest BCUT2D eigenvalue weighted by atomic mass is 10.0. The van der Waals surface area contributed by atoms with E-state index in [2.05, 4.69) is 0 Å². The molecule has 0 saturated carbocycles. The van der Waals surface area contributed by atoms with Gasteiger partial charge in [-0.3, -0.25) is 9.59 Å². The average molecular weight is 269 g/mol. The molecule has 18 heavy (non-hydrogen) atoms. The molecule has 1 saturated heterocycles. The predicted octanol–water partition coefficient (Wildman–Crippen LogP) is 0.849. The second kappa shape index (κ2) is 5.49. The molecule has 2 heterocycles. The van der Waals surface area contributed by atoms with Crippen LogP contribution in [0, 0.1) is 5.92 Å². The molecular formula is C12H15NO4S. The van der Waals surface area contributed by atoms with E-state index in [9.17, 15) is 9.59 Å². The fourth-order valence-corrected chi connectivity index (χ4v) is 2.73. The maximum atomic E-state index is 12.0. The molecular weight excluding hydrogens is 254 g/mol. The number of hydrogen-bond acceptors (Lipinski definition) is 4. The van der Waals surface area contributed by atoms with Crippen molar-refractivity contribution in [1.82, 2.24) is 4.90 Å². The van der Waals surface area contributed by atoms with Crippen molar-refractivity contribution in [2.45, 2.75) is 12.5 Å². The van der Waals surface area contributed by atoms with Crippen molar-refractivity contribution in [2.75, 3.05) is 20.3 Å². The number of carboxylic acids is 1. The first kappa shape index (κ1) is 13.0. The van der Waals surface area contributed by atoms with Crippen molar-refractivity contribution in [1.29, 1.82) is 0 Å². The Morgan fingerprint density at radius 2 is 2.33 bits per heavy atom. The van der Waals surface area contributed by atoms with Gasteiger partial charge in [0.1, 0.15) is 5.92 Å². The summed E-state index contributed by atoms with van der Waals surface area (Å²) in [6.07, 6.45) is 0.316. The van der Waals surface area contributed by atoms with Gasteiger partial charge in [-0.1, -0.05) is 6.07 Å². The maximum absolute atomic E-state index is 12.0. The van der Waals surface area contributed by atoms with Crippen molar-refractivity contribution in [3.05, 3.63) is 22.4 Å². The van der Waals surface area contributed by atoms with Crippen LogP contribution >= 0.6 is 11.3 Å². The third-order valence-electron chi connectivity index (χ3n) is 3.16. The molecule has 6 heteroatoms. The van der Waals surface area contributed by atoms with Gasteiger partial charge in [0.25, 0.3) is 0 Å². The first-order valence-corrected chi connectivity index (χ1v) is 6.56. The van der Waals surface area contributed by atoms with E-state index in [1.54, 1.807) is 7.05 Å². The second-order valence-electron chi connectivity index (χ2n) is 4.31. The molecule has 2 rings (SSSR count). The average Bonchev–Trinajstić information content (AvgIpc) is 2.97. The molecule has 98 valence electrons. The Bertz CT molecular complexity index is 431. The van der Waals surface area contributed by atoms with Crippen molar-refractivity contribution >= 4 is 23.2 Å². The highest BCUT2D eigenvalue weighted by molar-refractivity contribution is 7.10. The molecule has 0 aliphatic carbocycles. The van der Waals surface area contributed by atoms with Gasteiger partial charge in [0.2, 0.25) is 5.91 Å². The summed E-state index contributed by atoms with van der Waals surface area (Å²) in [5.74, 6) is -1.60. The highest BCUT2D eigenvalue weighted by atomic mass is 32.1. The SMILES string of the molecule is CN(C(=O)Cc1cccs1)C1COCC1C(=O)O. The van der Waals surface area contributed by atoms with Crippen molar-refractivity contribution in [3.8, 4) is 0 Å². The molecule has 0 radical (unpaired) electrons. The third-order valence-corrected chi connectivity index (χ3v) is 4.04. The van der Waals surface area contributed by atoms with Gasteiger partial charge < -0.3 is 14.7 Å². The first-order valence-electron chi connectivity index (χ1n) is 5.68. The Morgan fingerprint density at radius 3 is 2.94 bits per heavy atom. The standard InChI is InChI=1S/C12H15NO4S/c1-13(10-7-17-6-9(10)12(15)16)11(14)5-8-3-2-4-18-8/h2-4,9-10H,5-7H2,1H3,(H,15,16). The summed E-state index contributed by atoms with van der Waals surface area (Å²) in [5, 5.41) is 11.0. The Kier molecular flexibility index (Phi) is 3.98. The summed E-state index contributed by atoms with van der Waals surface area (Å²) >= 11 is 1.52. The van der Waals surface area contributed by atoms with Crippen LogP contribution in [0.1, 0.15) is 4.88 Å². The van der Waals surface area contributed by atoms with Crippen LogP contribution < -0.4 is 0 Å². The van der Waals surface area contributed by atoms with Crippen LogP contribution in [-0.2, 0) is 20.7 Å². The Hall–Kier alpha value is -1.40. The fourth-order valence-electron chi connectivity index (χ4n) is 2.03. The van der Waals surface area contributed by atoms with E-state index in [0.717, 1.165) is 4.88 Å². The van der Waals surface area contributed by atoms with Crippen LogP contribution in [0.3, 0.4) is 0 Å². The number of rotatable bonds is 4. The van der Waals surface area contributed by atoms with Crippen LogP contribution in [0.15, 0.2) is 17.5 Å². The zero-order valence-corrected chi connectivity index (χ0v) is 10.9. The van der Waals surface area contributed by atoms with Gasteiger partial charge in [-0.2, -0.15) is 0 Å². The van der Waals surface area contributed by atoms with E-state index in [-0.39, 0.29) is 18.6 Å². The molecule has 1 amide bonds. The zero-order chi connectivity index (χ0) is 13.1. The molecule has 1 aliphatic rings. The van der Waals surface area contributed by atoms with Gasteiger partial charge >= 0.3 is 5.97 Å². The Labute approximate surface area is 109 Å². The molecule has 1 aromatic rings. The number of amides is 1. The van der Waals surface area contributed by atoms with Gasteiger partial charge in [-0.05, 0) is 11.4 Å². The molecule has 0 bridgehead atoms. The maximum Gasteiger partial charge on any atom is 0.311 e. The van der Waals surface area contributed by atoms with E-state index in [4.69, 9.17) is 9.84 Å². The molecule has 5 nitrogen and oxygen atoms in total. The van der Waals surface area contributed by atoms with Crippen LogP contribution in [0.5, 0.6) is 0 Å². The minimum Gasteiger partial charge on any atom is -0.481 e. The van der Waals surface area contributed by atoms with Crippen LogP contribution in [-0.4, -0.2) is 48.2 Å². The summed E-state index contributed by atoms with van der Waals surface area (Å²) in [6, 6.07) is 3.43. The molecule has 1 N–H and O–H groups in total. The molecule has 1 aliphatic heterocycles. The molecule has 2 atom stereocenters. The van der Waals surface area contributed by atoms with E-state index < -0.39 is 11.9 Å². The van der Waals surface area contributed by atoms with Gasteiger partial charge in [0.05, 0.1) is 25.7 Å². The monoisotopic (exact) mass is 269 g/mol. The van der Waals surface area contributed by atoms with Crippen molar-refractivity contribution in [2.24, 2.45) is 5.92 Å². The quantitative estimate of drug-likeness (QED) is 0.880. The number of carbonyl (C=O) groups is 2. The van der Waals surface area contributed by atoms with Crippen molar-refractivity contribution < 1.29 is 19.4 Å². The molecule has 2 unspecified atom stereocenters. The second-order valence-corrected chi connectivity index (χ2v) is 5.34. The van der Waals surface area contributed by atoms with Crippen LogP contribution in [0.4, 0.5) is 0 Å². The minimum atomic E-state index is -0.909. The highest BCUT2D eigenvalue weighted by Gasteiger charge is 2.38. The summed E-state index contributed by atoms with van der Waals surface area (Å²) in [5.41, 5.74) is 0. The van der Waals surface area contributed by atoms with Crippen molar-refractivity contribution in [3.63, 3.8) is 0 Å². The number of carboxylic acid groups (broad SMARTS) is 1. The van der Waals surface area contributed by atoms with Gasteiger partial charge in [0.15, 0.2) is 0 Å². The Morgan fingerprint density at radius 1 is 1.56 bits per heavy atom. The highest BCUT2D eigenvalue weighted by Crippen LogP contribution is 2.20. The topological polar surface area (TPSA) is 66.8 Å². The number of nitrogens with zero attached hydrogens (tertiary/aromatic N) is 1. The predicted molar refractivity (Wildman–Crippen MR) is 66.5 cm³/mol. The molecule has 1 fully saturated rings. The van der Waals surface area contributed by atoms with E-state index in [1.165, 1.54) is 16.2 Å². The Balaban J connectivity index is 1.99. The number of likely N-dealkylation sites (N-methyl/N-ethyl adjacent to an activating group) is 1. The van der Waals surface area contributed by atoms with E-state index >= 15 is 0 Å². The van der Waals surface area contributed by atoms with Crippen LogP contribution in [0.2, 0.25) is 0 Å². The lowest BCUT2D eigenvalue weighted by molar-refractivity contribution is -0.144. The third kappa shape index (κ3) is 2.70. The minimum absolute atomic E-state index is 0.0702. The molecule has 0 aromatic carbocycles. The summed E-state index contributed by atoms with van der Waals surface area (Å²) in [7, 11) is 1.64. The lowest BCUT2D eigenvalue weighted by Crippen LogP contribution is -2.44. The van der Waals surface area contributed by atoms with Gasteiger partial charge in [-0.15, -0.1) is 11.3 Å². The summed E-state index contributed by atoms with van der Waals surface area (Å²) in [4.78, 5) is 25.6. The van der Waals surface area contributed by atoms with Gasteiger partial charge in [-0.25, -0.2) is 0 Å². The number of thiophene rings is 1. The normalized spacial score (nSPS) is 22.9. The molecule has 0 spiro atoms. The van der Waals surface area contributed by atoms with E-state index in [1.807, 2.05) is 17.5 Å². The largest absolute Gasteiger partial charge is 0.481 e. The van der Waals surface area contributed by atoms with Gasteiger partial charge in [0, 0.05) is 11.9 Å². The number of hydrogen-bond donors (Lipinski definition) is 1. The number of carbonyl (C=O) groups excluding carboxylic acids is 1. The van der Waals surface area contributed by atoms with E-state index in [0.29, 0.717) is 13.0 Å². The lowest BCUT2D eigenvalue weighted by Gasteiger charge is -2.26. The smallest absolute Gasteiger partial charge is 0.311 e. The zero-order valence-electron chi connectivity index (χ0n) is 10.0. The summed E-state index contributed by atoms with van der Waals surface area (Å²) < 4.78 is 5.17.